The average Bonchev–Trinajstić information content (AvgIpc) is 2.75. The van der Waals surface area contributed by atoms with Crippen LogP contribution in [-0.4, -0.2) is 16.0 Å². The molecule has 1 aromatic carbocycles. The molecule has 5 nitrogen and oxygen atoms in total. The summed E-state index contributed by atoms with van der Waals surface area (Å²) >= 11 is 3.15. The van der Waals surface area contributed by atoms with Crippen molar-refractivity contribution in [1.29, 1.82) is 0 Å². The van der Waals surface area contributed by atoms with Crippen molar-refractivity contribution in [2.45, 2.75) is 19.9 Å². The first kappa shape index (κ1) is 13.7. The maximum Gasteiger partial charge on any atom is 0.253 e. The van der Waals surface area contributed by atoms with Gasteiger partial charge in [0.15, 0.2) is 5.82 Å². The fourth-order valence-corrected chi connectivity index (χ4v) is 2.03. The second-order valence-electron chi connectivity index (χ2n) is 4.00. The lowest BCUT2D eigenvalue weighted by molar-refractivity contribution is 0.0931. The molecule has 0 aliphatic heterocycles. The van der Waals surface area contributed by atoms with Gasteiger partial charge >= 0.3 is 0 Å². The third-order valence-corrected chi connectivity index (χ3v) is 3.09. The second kappa shape index (κ2) is 5.48. The zero-order valence-electron chi connectivity index (χ0n) is 10.3. The standard InChI is InChI=1S/C12H11BrFN3O2/c1-6(12-16-7(2)17-19-12)15-11(18)9-4-3-8(14)5-10(9)13/h3-6H,1-2H3,(H,15,18). The fourth-order valence-electron chi connectivity index (χ4n) is 1.50. The molecular weight excluding hydrogens is 317 g/mol. The Kier molecular flexibility index (Phi) is 3.94. The molecule has 1 N–H and O–H groups in total. The Hall–Kier alpha value is -1.76. The van der Waals surface area contributed by atoms with E-state index in [1.807, 2.05) is 0 Å². The van der Waals surface area contributed by atoms with Gasteiger partial charge in [0.2, 0.25) is 5.89 Å². The van der Waals surface area contributed by atoms with Gasteiger partial charge in [-0.2, -0.15) is 4.98 Å². The highest BCUT2D eigenvalue weighted by molar-refractivity contribution is 9.10. The predicted molar refractivity (Wildman–Crippen MR) is 69.0 cm³/mol. The number of amides is 1. The third-order valence-electron chi connectivity index (χ3n) is 2.44. The zero-order valence-corrected chi connectivity index (χ0v) is 11.9. The van der Waals surface area contributed by atoms with E-state index in [1.54, 1.807) is 13.8 Å². The van der Waals surface area contributed by atoms with Gasteiger partial charge in [0, 0.05) is 4.47 Å². The van der Waals surface area contributed by atoms with Crippen LogP contribution in [0.15, 0.2) is 27.2 Å². The molecule has 19 heavy (non-hydrogen) atoms. The fraction of sp³-hybridized carbons (Fsp3) is 0.250. The number of carbonyl (C=O) groups is 1. The van der Waals surface area contributed by atoms with Crippen LogP contribution >= 0.6 is 15.9 Å². The number of aromatic nitrogens is 2. The van der Waals surface area contributed by atoms with Crippen molar-refractivity contribution >= 4 is 21.8 Å². The summed E-state index contributed by atoms with van der Waals surface area (Å²) in [5.41, 5.74) is 0.337. The Bertz CT molecular complexity index is 615. The molecular formula is C12H11BrFN3O2. The molecule has 0 spiro atoms. The van der Waals surface area contributed by atoms with E-state index in [4.69, 9.17) is 4.52 Å². The van der Waals surface area contributed by atoms with Crippen molar-refractivity contribution in [3.05, 3.63) is 45.8 Å². The van der Waals surface area contributed by atoms with E-state index in [1.165, 1.54) is 18.2 Å². The Labute approximate surface area is 117 Å². The van der Waals surface area contributed by atoms with E-state index in [0.29, 0.717) is 21.8 Å². The monoisotopic (exact) mass is 327 g/mol. The number of halogens is 2. The molecule has 0 saturated heterocycles. The van der Waals surface area contributed by atoms with Gasteiger partial charge in [0.1, 0.15) is 11.9 Å². The number of aryl methyl sites for hydroxylation is 1. The highest BCUT2D eigenvalue weighted by Gasteiger charge is 2.18. The van der Waals surface area contributed by atoms with E-state index in [-0.39, 0.29) is 5.91 Å². The van der Waals surface area contributed by atoms with Crippen LogP contribution in [0.25, 0.3) is 0 Å². The highest BCUT2D eigenvalue weighted by Crippen LogP contribution is 2.19. The minimum Gasteiger partial charge on any atom is -0.340 e. The molecule has 0 aliphatic carbocycles. The molecule has 0 fully saturated rings. The van der Waals surface area contributed by atoms with Crippen LogP contribution in [0.1, 0.15) is 35.0 Å². The molecule has 2 rings (SSSR count). The summed E-state index contributed by atoms with van der Waals surface area (Å²) in [5, 5.41) is 6.35. The van der Waals surface area contributed by atoms with Crippen molar-refractivity contribution in [3.8, 4) is 0 Å². The van der Waals surface area contributed by atoms with E-state index in [0.717, 1.165) is 0 Å². The number of carbonyl (C=O) groups excluding carboxylic acids is 1. The molecule has 7 heteroatoms. The molecule has 1 amide bonds. The molecule has 1 unspecified atom stereocenters. The van der Waals surface area contributed by atoms with Crippen LogP contribution in [0, 0.1) is 12.7 Å². The molecule has 0 saturated carbocycles. The van der Waals surface area contributed by atoms with Gasteiger partial charge in [-0.3, -0.25) is 4.79 Å². The zero-order chi connectivity index (χ0) is 14.0. The van der Waals surface area contributed by atoms with Gasteiger partial charge in [-0.25, -0.2) is 4.39 Å². The topological polar surface area (TPSA) is 68.0 Å². The third kappa shape index (κ3) is 3.17. The van der Waals surface area contributed by atoms with Gasteiger partial charge in [0.05, 0.1) is 5.56 Å². The molecule has 1 heterocycles. The van der Waals surface area contributed by atoms with Crippen LogP contribution in [0.4, 0.5) is 4.39 Å². The summed E-state index contributed by atoms with van der Waals surface area (Å²) in [4.78, 5) is 16.0. The van der Waals surface area contributed by atoms with Crippen LogP contribution < -0.4 is 5.32 Å². The number of benzene rings is 1. The minimum atomic E-state index is -0.425. The summed E-state index contributed by atoms with van der Waals surface area (Å²) in [5.74, 6) is 0.0578. The summed E-state index contributed by atoms with van der Waals surface area (Å²) < 4.78 is 18.3. The Balaban J connectivity index is 2.12. The van der Waals surface area contributed by atoms with Gasteiger partial charge < -0.3 is 9.84 Å². The smallest absolute Gasteiger partial charge is 0.253 e. The molecule has 0 aliphatic rings. The number of hydrogen-bond donors (Lipinski definition) is 1. The van der Waals surface area contributed by atoms with Crippen molar-refractivity contribution < 1.29 is 13.7 Å². The van der Waals surface area contributed by atoms with Crippen molar-refractivity contribution in [3.63, 3.8) is 0 Å². The molecule has 0 bridgehead atoms. The Morgan fingerprint density at radius 2 is 2.26 bits per heavy atom. The van der Waals surface area contributed by atoms with Crippen LogP contribution in [0.2, 0.25) is 0 Å². The maximum absolute atomic E-state index is 12.9. The van der Waals surface area contributed by atoms with E-state index in [2.05, 4.69) is 31.4 Å². The minimum absolute atomic E-state index is 0.323. The number of nitrogens with zero attached hydrogens (tertiary/aromatic N) is 2. The van der Waals surface area contributed by atoms with Crippen LogP contribution in [-0.2, 0) is 0 Å². The first-order valence-electron chi connectivity index (χ1n) is 5.53. The first-order chi connectivity index (χ1) is 8.97. The summed E-state index contributed by atoms with van der Waals surface area (Å²) in [6, 6.07) is 3.43. The van der Waals surface area contributed by atoms with Crippen LogP contribution in [0.5, 0.6) is 0 Å². The van der Waals surface area contributed by atoms with E-state index >= 15 is 0 Å². The van der Waals surface area contributed by atoms with Gasteiger partial charge in [0.25, 0.3) is 5.91 Å². The average molecular weight is 328 g/mol. The second-order valence-corrected chi connectivity index (χ2v) is 4.85. The Morgan fingerprint density at radius 1 is 1.53 bits per heavy atom. The summed E-state index contributed by atoms with van der Waals surface area (Å²) in [6.07, 6.45) is 0. The Morgan fingerprint density at radius 3 is 2.84 bits per heavy atom. The molecule has 2 aromatic rings. The van der Waals surface area contributed by atoms with Crippen LogP contribution in [0.3, 0.4) is 0 Å². The maximum atomic E-state index is 12.9. The quantitative estimate of drug-likeness (QED) is 0.941. The lowest BCUT2D eigenvalue weighted by Gasteiger charge is -2.10. The van der Waals surface area contributed by atoms with Gasteiger partial charge in [-0.15, -0.1) is 0 Å². The number of nitrogens with one attached hydrogen (secondary N) is 1. The van der Waals surface area contributed by atoms with Gasteiger partial charge in [-0.1, -0.05) is 5.16 Å². The van der Waals surface area contributed by atoms with Crippen molar-refractivity contribution in [2.24, 2.45) is 0 Å². The van der Waals surface area contributed by atoms with Gasteiger partial charge in [-0.05, 0) is 48.0 Å². The molecule has 1 atom stereocenters. The van der Waals surface area contributed by atoms with Crippen molar-refractivity contribution in [1.82, 2.24) is 15.5 Å². The largest absolute Gasteiger partial charge is 0.340 e. The predicted octanol–water partition coefficient (Wildman–Crippen LogP) is 2.77. The molecule has 100 valence electrons. The normalized spacial score (nSPS) is 12.2. The highest BCUT2D eigenvalue weighted by atomic mass is 79.9. The van der Waals surface area contributed by atoms with E-state index < -0.39 is 11.9 Å². The lowest BCUT2D eigenvalue weighted by atomic mass is 10.2. The summed E-state index contributed by atoms with van der Waals surface area (Å²) in [7, 11) is 0. The SMILES string of the molecule is Cc1noc(C(C)NC(=O)c2ccc(F)cc2Br)n1. The summed E-state index contributed by atoms with van der Waals surface area (Å²) in [6.45, 7) is 3.42. The molecule has 1 aromatic heterocycles. The van der Waals surface area contributed by atoms with Crippen molar-refractivity contribution in [2.75, 3.05) is 0 Å². The molecule has 0 radical (unpaired) electrons. The lowest BCUT2D eigenvalue weighted by Crippen LogP contribution is -2.27. The number of rotatable bonds is 3. The van der Waals surface area contributed by atoms with E-state index in [9.17, 15) is 9.18 Å². The number of hydrogen-bond acceptors (Lipinski definition) is 4. The first-order valence-corrected chi connectivity index (χ1v) is 6.33.